The average molecular weight is 241 g/mol. The summed E-state index contributed by atoms with van der Waals surface area (Å²) in [5.41, 5.74) is 5.35. The van der Waals surface area contributed by atoms with Crippen LogP contribution in [0.3, 0.4) is 0 Å². The zero-order valence-electron chi connectivity index (χ0n) is 10.5. The number of hydrogen-bond donors (Lipinski definition) is 1. The molecule has 1 heterocycles. The van der Waals surface area contributed by atoms with Crippen LogP contribution in [-0.2, 0) is 14.3 Å². The van der Waals surface area contributed by atoms with Crippen molar-refractivity contribution >= 4 is 5.78 Å². The second-order valence-corrected chi connectivity index (χ2v) is 5.24. The molecule has 1 aliphatic carbocycles. The first-order chi connectivity index (χ1) is 8.26. The van der Waals surface area contributed by atoms with Gasteiger partial charge in [-0.05, 0) is 25.7 Å². The van der Waals surface area contributed by atoms with Crippen LogP contribution in [0.15, 0.2) is 0 Å². The summed E-state index contributed by atoms with van der Waals surface area (Å²) in [4.78, 5) is 12.0. The van der Waals surface area contributed by atoms with Crippen molar-refractivity contribution in [3.05, 3.63) is 0 Å². The summed E-state index contributed by atoms with van der Waals surface area (Å²) in [6.07, 6.45) is 6.49. The number of nitrogens with two attached hydrogens (primary N) is 1. The summed E-state index contributed by atoms with van der Waals surface area (Å²) in [7, 11) is 0. The van der Waals surface area contributed by atoms with Crippen molar-refractivity contribution < 1.29 is 14.3 Å². The minimum absolute atomic E-state index is 0.0203. The van der Waals surface area contributed by atoms with Gasteiger partial charge in [0.1, 0.15) is 6.61 Å². The highest BCUT2D eigenvalue weighted by Crippen LogP contribution is 2.42. The standard InChI is InChI=1S/C13H23NO3/c14-6-8-16-10-12(15)11-3-7-17-13(9-11)4-1-2-5-13/h11H,1-10,14H2. The van der Waals surface area contributed by atoms with Crippen molar-refractivity contribution in [3.63, 3.8) is 0 Å². The number of Topliss-reactive ketones (excluding diaryl/α,β-unsaturated/α-hetero) is 1. The molecular weight excluding hydrogens is 218 g/mol. The normalized spacial score (nSPS) is 27.5. The Labute approximate surface area is 103 Å². The van der Waals surface area contributed by atoms with E-state index in [1.807, 2.05) is 0 Å². The van der Waals surface area contributed by atoms with Gasteiger partial charge in [-0.25, -0.2) is 0 Å². The van der Waals surface area contributed by atoms with Crippen molar-refractivity contribution in [1.82, 2.24) is 0 Å². The Kier molecular flexibility index (Phi) is 4.54. The lowest BCUT2D eigenvalue weighted by Gasteiger charge is -2.37. The van der Waals surface area contributed by atoms with E-state index < -0.39 is 0 Å². The highest BCUT2D eigenvalue weighted by molar-refractivity contribution is 5.82. The molecule has 1 aliphatic heterocycles. The third kappa shape index (κ3) is 3.27. The molecule has 2 N–H and O–H groups in total. The van der Waals surface area contributed by atoms with Gasteiger partial charge in [-0.3, -0.25) is 4.79 Å². The first-order valence-electron chi connectivity index (χ1n) is 6.70. The van der Waals surface area contributed by atoms with E-state index in [9.17, 15) is 4.79 Å². The second kappa shape index (κ2) is 5.94. The van der Waals surface area contributed by atoms with Gasteiger partial charge >= 0.3 is 0 Å². The molecule has 1 saturated heterocycles. The molecule has 4 nitrogen and oxygen atoms in total. The van der Waals surface area contributed by atoms with Gasteiger partial charge in [-0.2, -0.15) is 0 Å². The number of carbonyl (C=O) groups excluding carboxylic acids is 1. The second-order valence-electron chi connectivity index (χ2n) is 5.24. The Bertz CT molecular complexity index is 261. The van der Waals surface area contributed by atoms with Crippen molar-refractivity contribution in [3.8, 4) is 0 Å². The van der Waals surface area contributed by atoms with E-state index in [0.29, 0.717) is 13.2 Å². The molecule has 4 heteroatoms. The maximum Gasteiger partial charge on any atom is 0.161 e. The topological polar surface area (TPSA) is 61.5 Å². The summed E-state index contributed by atoms with van der Waals surface area (Å²) >= 11 is 0. The minimum atomic E-state index is 0.0203. The lowest BCUT2D eigenvalue weighted by Crippen LogP contribution is -2.40. The van der Waals surface area contributed by atoms with Crippen LogP contribution in [0.5, 0.6) is 0 Å². The molecule has 0 aromatic carbocycles. The SMILES string of the molecule is NCCOCC(=O)C1CCOC2(CCCC2)C1. The minimum Gasteiger partial charge on any atom is -0.375 e. The zero-order valence-corrected chi connectivity index (χ0v) is 10.5. The van der Waals surface area contributed by atoms with E-state index in [0.717, 1.165) is 32.3 Å². The van der Waals surface area contributed by atoms with Crippen LogP contribution in [0, 0.1) is 5.92 Å². The van der Waals surface area contributed by atoms with Crippen LogP contribution in [0.1, 0.15) is 38.5 Å². The van der Waals surface area contributed by atoms with Crippen LogP contribution in [0.25, 0.3) is 0 Å². The van der Waals surface area contributed by atoms with Crippen LogP contribution < -0.4 is 5.73 Å². The van der Waals surface area contributed by atoms with Crippen molar-refractivity contribution in [1.29, 1.82) is 0 Å². The maximum atomic E-state index is 12.0. The van der Waals surface area contributed by atoms with E-state index in [1.165, 1.54) is 12.8 Å². The van der Waals surface area contributed by atoms with E-state index in [1.54, 1.807) is 0 Å². The van der Waals surface area contributed by atoms with Gasteiger partial charge in [0.05, 0.1) is 12.2 Å². The Hall–Kier alpha value is -0.450. The summed E-state index contributed by atoms with van der Waals surface area (Å²) < 4.78 is 11.2. The fraction of sp³-hybridized carbons (Fsp3) is 0.923. The number of carbonyl (C=O) groups is 1. The van der Waals surface area contributed by atoms with Crippen molar-refractivity contribution in [2.75, 3.05) is 26.4 Å². The molecule has 2 fully saturated rings. The average Bonchev–Trinajstić information content (AvgIpc) is 2.77. The molecule has 98 valence electrons. The van der Waals surface area contributed by atoms with E-state index in [2.05, 4.69) is 0 Å². The lowest BCUT2D eigenvalue weighted by atomic mass is 9.82. The molecule has 1 atom stereocenters. The smallest absolute Gasteiger partial charge is 0.161 e. The first kappa shape index (κ1) is 13.0. The monoisotopic (exact) mass is 241 g/mol. The first-order valence-corrected chi connectivity index (χ1v) is 6.70. The lowest BCUT2D eigenvalue weighted by molar-refractivity contribution is -0.140. The van der Waals surface area contributed by atoms with Gasteiger partial charge < -0.3 is 15.2 Å². The highest BCUT2D eigenvalue weighted by atomic mass is 16.5. The summed E-state index contributed by atoms with van der Waals surface area (Å²) in [5.74, 6) is 0.368. The fourth-order valence-corrected chi connectivity index (χ4v) is 3.04. The van der Waals surface area contributed by atoms with E-state index in [4.69, 9.17) is 15.2 Å². The van der Waals surface area contributed by atoms with Gasteiger partial charge in [-0.1, -0.05) is 12.8 Å². The number of ether oxygens (including phenoxy) is 2. The highest BCUT2D eigenvalue weighted by Gasteiger charge is 2.41. The third-order valence-electron chi connectivity index (χ3n) is 3.97. The molecular formula is C13H23NO3. The van der Waals surface area contributed by atoms with Gasteiger partial charge in [0, 0.05) is 19.1 Å². The molecule has 0 radical (unpaired) electrons. The van der Waals surface area contributed by atoms with E-state index >= 15 is 0 Å². The summed E-state index contributed by atoms with van der Waals surface area (Å²) in [6.45, 7) is 1.90. The van der Waals surface area contributed by atoms with Gasteiger partial charge in [-0.15, -0.1) is 0 Å². The molecule has 1 spiro atoms. The number of rotatable bonds is 5. The number of hydrogen-bond acceptors (Lipinski definition) is 4. The Balaban J connectivity index is 1.82. The summed E-state index contributed by atoms with van der Waals surface area (Å²) in [6, 6.07) is 0. The van der Waals surface area contributed by atoms with Crippen LogP contribution in [-0.4, -0.2) is 37.7 Å². The quantitative estimate of drug-likeness (QED) is 0.736. The largest absolute Gasteiger partial charge is 0.375 e. The third-order valence-corrected chi connectivity index (χ3v) is 3.97. The molecule has 0 aromatic rings. The molecule has 2 aliphatic rings. The van der Waals surface area contributed by atoms with Crippen molar-refractivity contribution in [2.24, 2.45) is 11.7 Å². The Morgan fingerprint density at radius 2 is 2.18 bits per heavy atom. The Morgan fingerprint density at radius 3 is 2.88 bits per heavy atom. The predicted molar refractivity (Wildman–Crippen MR) is 64.8 cm³/mol. The molecule has 0 amide bonds. The van der Waals surface area contributed by atoms with Crippen LogP contribution in [0.2, 0.25) is 0 Å². The van der Waals surface area contributed by atoms with Gasteiger partial charge in [0.25, 0.3) is 0 Å². The molecule has 2 rings (SSSR count). The molecule has 17 heavy (non-hydrogen) atoms. The molecule has 1 saturated carbocycles. The zero-order chi connectivity index (χ0) is 12.1. The molecule has 1 unspecified atom stereocenters. The summed E-state index contributed by atoms with van der Waals surface area (Å²) in [5, 5.41) is 0. The molecule has 0 bridgehead atoms. The van der Waals surface area contributed by atoms with Crippen molar-refractivity contribution in [2.45, 2.75) is 44.1 Å². The van der Waals surface area contributed by atoms with Crippen LogP contribution >= 0.6 is 0 Å². The number of ketones is 1. The Morgan fingerprint density at radius 1 is 1.41 bits per heavy atom. The fourth-order valence-electron chi connectivity index (χ4n) is 3.04. The molecule has 0 aromatic heterocycles. The van der Waals surface area contributed by atoms with Gasteiger partial charge in [0.2, 0.25) is 0 Å². The van der Waals surface area contributed by atoms with E-state index in [-0.39, 0.29) is 23.9 Å². The van der Waals surface area contributed by atoms with Gasteiger partial charge in [0.15, 0.2) is 5.78 Å². The predicted octanol–water partition coefficient (Wildman–Crippen LogP) is 1.27. The maximum absolute atomic E-state index is 12.0. The van der Waals surface area contributed by atoms with Crippen LogP contribution in [0.4, 0.5) is 0 Å².